The van der Waals surface area contributed by atoms with Crippen LogP contribution in [0.2, 0.25) is 0 Å². The second kappa shape index (κ2) is 13.7. The lowest BCUT2D eigenvalue weighted by Crippen LogP contribution is -2.13. The summed E-state index contributed by atoms with van der Waals surface area (Å²) in [6.07, 6.45) is 5.76. The monoisotopic (exact) mass is 504 g/mol. The van der Waals surface area contributed by atoms with E-state index < -0.39 is 5.91 Å². The second-order valence-corrected chi connectivity index (χ2v) is 8.64. The van der Waals surface area contributed by atoms with Gasteiger partial charge in [0.1, 0.15) is 35.6 Å². The first kappa shape index (κ1) is 26.4. The smallest absolute Gasteiger partial charge is 0.268 e. The normalized spacial score (nSPS) is 10.9. The van der Waals surface area contributed by atoms with E-state index in [2.05, 4.69) is 22.1 Å². The number of allylic oxidation sites excluding steroid dienone is 1. The molecule has 0 aliphatic carbocycles. The van der Waals surface area contributed by atoms with Crippen LogP contribution in [0.3, 0.4) is 0 Å². The predicted molar refractivity (Wildman–Crippen MR) is 140 cm³/mol. The van der Waals surface area contributed by atoms with Crippen LogP contribution < -0.4 is 19.5 Å². The number of para-hydroxylation sites is 1. The fourth-order valence-electron chi connectivity index (χ4n) is 3.26. The Kier molecular flexibility index (Phi) is 10.0. The number of aromatic nitrogens is 2. The van der Waals surface area contributed by atoms with Gasteiger partial charge >= 0.3 is 0 Å². The summed E-state index contributed by atoms with van der Waals surface area (Å²) in [5, 5.41) is 21.3. The zero-order valence-corrected chi connectivity index (χ0v) is 21.1. The van der Waals surface area contributed by atoms with Crippen LogP contribution in [0.1, 0.15) is 29.5 Å². The maximum absolute atomic E-state index is 12.6. The van der Waals surface area contributed by atoms with E-state index in [9.17, 15) is 10.1 Å². The molecule has 1 heterocycles. The number of anilines is 1. The Balaban J connectivity index is 1.61. The number of hydrogen-bond acceptors (Lipinski definition) is 8. The number of hydrogen-bond donors (Lipinski definition) is 1. The number of nitriles is 1. The highest BCUT2D eigenvalue weighted by Gasteiger charge is 2.14. The molecule has 0 unspecified atom stereocenters. The molecule has 0 saturated heterocycles. The molecule has 0 aliphatic rings. The van der Waals surface area contributed by atoms with Crippen LogP contribution in [-0.4, -0.2) is 36.4 Å². The number of amides is 1. The number of benzene rings is 2. The van der Waals surface area contributed by atoms with E-state index in [1.807, 2.05) is 43.3 Å². The van der Waals surface area contributed by atoms with Gasteiger partial charge in [0, 0.05) is 6.42 Å². The van der Waals surface area contributed by atoms with Gasteiger partial charge in [-0.05, 0) is 48.2 Å². The third-order valence-corrected chi connectivity index (χ3v) is 5.85. The summed E-state index contributed by atoms with van der Waals surface area (Å²) in [5.74, 6) is 1.25. The lowest BCUT2D eigenvalue weighted by molar-refractivity contribution is -0.112. The summed E-state index contributed by atoms with van der Waals surface area (Å²) in [6.45, 7) is 6.47. The van der Waals surface area contributed by atoms with E-state index in [1.54, 1.807) is 18.2 Å². The minimum absolute atomic E-state index is 0.0652. The van der Waals surface area contributed by atoms with Crippen LogP contribution in [0, 0.1) is 11.3 Å². The second-order valence-electron chi connectivity index (χ2n) is 7.58. The van der Waals surface area contributed by atoms with Crippen molar-refractivity contribution in [2.24, 2.45) is 0 Å². The molecule has 2 aromatic carbocycles. The minimum Gasteiger partial charge on any atom is -0.493 e. The van der Waals surface area contributed by atoms with Crippen molar-refractivity contribution in [2.75, 3.05) is 25.6 Å². The molecule has 1 aromatic heterocycles. The molecule has 0 radical (unpaired) electrons. The van der Waals surface area contributed by atoms with Crippen molar-refractivity contribution in [3.05, 3.63) is 76.8 Å². The Hall–Kier alpha value is -4.16. The molecule has 0 spiro atoms. The van der Waals surface area contributed by atoms with Gasteiger partial charge in [-0.2, -0.15) is 5.26 Å². The molecule has 1 amide bonds. The van der Waals surface area contributed by atoms with Gasteiger partial charge in [0.05, 0.1) is 7.11 Å². The third-order valence-electron chi connectivity index (χ3n) is 4.95. The van der Waals surface area contributed by atoms with Crippen molar-refractivity contribution in [2.45, 2.75) is 26.2 Å². The van der Waals surface area contributed by atoms with E-state index in [0.717, 1.165) is 35.6 Å². The van der Waals surface area contributed by atoms with Gasteiger partial charge < -0.3 is 14.2 Å². The standard InChI is InChI=1S/C27H28N4O4S/c1-4-8-20-10-6-7-11-22(20)34-14-15-35-23-13-12-19(17-24(23)33-3)16-21(18-28)26(32)29-27-31-30-25(36-27)9-5-2/h4,6-7,10-13,16-17H,1,5,8-9,14-15H2,2-3H3,(H,29,31,32). The van der Waals surface area contributed by atoms with Gasteiger partial charge in [-0.1, -0.05) is 48.6 Å². The number of nitrogens with one attached hydrogen (secondary N) is 1. The Labute approximate surface area is 214 Å². The molecule has 0 aliphatic heterocycles. The molecule has 0 bridgehead atoms. The topological polar surface area (TPSA) is 106 Å². The summed E-state index contributed by atoms with van der Waals surface area (Å²) in [6, 6.07) is 14.9. The van der Waals surface area contributed by atoms with Crippen LogP contribution in [0.4, 0.5) is 5.13 Å². The predicted octanol–water partition coefficient (Wildman–Crippen LogP) is 5.23. The van der Waals surface area contributed by atoms with E-state index in [1.165, 1.54) is 24.5 Å². The van der Waals surface area contributed by atoms with E-state index in [4.69, 9.17) is 14.2 Å². The largest absolute Gasteiger partial charge is 0.493 e. The number of carbonyl (C=O) groups excluding carboxylic acids is 1. The van der Waals surface area contributed by atoms with E-state index >= 15 is 0 Å². The Morgan fingerprint density at radius 2 is 1.92 bits per heavy atom. The molecule has 9 heteroatoms. The van der Waals surface area contributed by atoms with Crippen LogP contribution >= 0.6 is 11.3 Å². The van der Waals surface area contributed by atoms with Crippen LogP contribution in [0.15, 0.2) is 60.7 Å². The Morgan fingerprint density at radius 3 is 2.64 bits per heavy atom. The molecule has 36 heavy (non-hydrogen) atoms. The Bertz CT molecular complexity index is 1260. The third kappa shape index (κ3) is 7.42. The van der Waals surface area contributed by atoms with Crippen LogP contribution in [-0.2, 0) is 17.6 Å². The van der Waals surface area contributed by atoms with Gasteiger partial charge in [-0.25, -0.2) is 0 Å². The lowest BCUT2D eigenvalue weighted by atomic mass is 10.1. The van der Waals surface area contributed by atoms with Crippen LogP contribution in [0.25, 0.3) is 6.08 Å². The van der Waals surface area contributed by atoms with Crippen molar-refractivity contribution in [3.63, 3.8) is 0 Å². The molecule has 3 rings (SSSR count). The first-order valence-corrected chi connectivity index (χ1v) is 12.3. The molecular weight excluding hydrogens is 476 g/mol. The van der Waals surface area contributed by atoms with Crippen molar-refractivity contribution in [1.82, 2.24) is 10.2 Å². The molecule has 3 aromatic rings. The lowest BCUT2D eigenvalue weighted by Gasteiger charge is -2.13. The summed E-state index contributed by atoms with van der Waals surface area (Å²) in [7, 11) is 1.53. The molecule has 0 saturated carbocycles. The SMILES string of the molecule is C=CCc1ccccc1OCCOc1ccc(C=C(C#N)C(=O)Nc2nnc(CCC)s2)cc1OC. The number of ether oxygens (including phenoxy) is 3. The Morgan fingerprint density at radius 1 is 1.14 bits per heavy atom. The van der Waals surface area contributed by atoms with Gasteiger partial charge in [-0.15, -0.1) is 16.8 Å². The van der Waals surface area contributed by atoms with Gasteiger partial charge in [-0.3, -0.25) is 10.1 Å². The van der Waals surface area contributed by atoms with Crippen molar-refractivity contribution in [1.29, 1.82) is 5.26 Å². The van der Waals surface area contributed by atoms with Crippen LogP contribution in [0.5, 0.6) is 17.2 Å². The molecular formula is C27H28N4O4S. The number of carbonyl (C=O) groups is 1. The number of methoxy groups -OCH3 is 1. The molecule has 1 N–H and O–H groups in total. The maximum atomic E-state index is 12.6. The van der Waals surface area contributed by atoms with Crippen molar-refractivity contribution in [3.8, 4) is 23.3 Å². The van der Waals surface area contributed by atoms with Crippen molar-refractivity contribution < 1.29 is 19.0 Å². The average Bonchev–Trinajstić information content (AvgIpc) is 3.33. The van der Waals surface area contributed by atoms with Gasteiger partial charge in [0.15, 0.2) is 11.5 Å². The molecule has 0 fully saturated rings. The van der Waals surface area contributed by atoms with Gasteiger partial charge in [0.2, 0.25) is 5.13 Å². The zero-order chi connectivity index (χ0) is 25.8. The fourth-order valence-corrected chi connectivity index (χ4v) is 4.10. The number of aryl methyl sites for hydroxylation is 1. The summed E-state index contributed by atoms with van der Waals surface area (Å²) >= 11 is 1.30. The summed E-state index contributed by atoms with van der Waals surface area (Å²) in [5.41, 5.74) is 1.61. The minimum atomic E-state index is -0.551. The highest BCUT2D eigenvalue weighted by molar-refractivity contribution is 7.15. The maximum Gasteiger partial charge on any atom is 0.268 e. The highest BCUT2D eigenvalue weighted by atomic mass is 32.1. The van der Waals surface area contributed by atoms with Crippen molar-refractivity contribution >= 4 is 28.5 Å². The number of rotatable bonds is 13. The van der Waals surface area contributed by atoms with E-state index in [-0.39, 0.29) is 5.57 Å². The first-order valence-electron chi connectivity index (χ1n) is 11.5. The summed E-state index contributed by atoms with van der Waals surface area (Å²) in [4.78, 5) is 12.6. The zero-order valence-electron chi connectivity index (χ0n) is 20.3. The first-order chi connectivity index (χ1) is 17.6. The summed E-state index contributed by atoms with van der Waals surface area (Å²) < 4.78 is 17.1. The molecule has 0 atom stereocenters. The fraction of sp³-hybridized carbons (Fsp3) is 0.259. The molecule has 186 valence electrons. The molecule has 8 nitrogen and oxygen atoms in total. The quantitative estimate of drug-likeness (QED) is 0.147. The number of nitrogens with zero attached hydrogens (tertiary/aromatic N) is 3. The van der Waals surface area contributed by atoms with E-state index in [0.29, 0.717) is 35.4 Å². The average molecular weight is 505 g/mol. The highest BCUT2D eigenvalue weighted by Crippen LogP contribution is 2.29. The van der Waals surface area contributed by atoms with Gasteiger partial charge in [0.25, 0.3) is 5.91 Å².